The molecule has 0 bridgehead atoms. The van der Waals surface area contributed by atoms with E-state index in [-0.39, 0.29) is 28.4 Å². The van der Waals surface area contributed by atoms with E-state index >= 15 is 4.39 Å². The first-order chi connectivity index (χ1) is 19.1. The Morgan fingerprint density at radius 1 is 1.12 bits per heavy atom. The number of aromatic nitrogens is 2. The maximum Gasteiger partial charge on any atom is 0.267 e. The van der Waals surface area contributed by atoms with Gasteiger partial charge in [-0.25, -0.2) is 22.5 Å². The molecule has 12 heteroatoms. The van der Waals surface area contributed by atoms with Crippen LogP contribution in [0.4, 0.5) is 16.0 Å². The Morgan fingerprint density at radius 3 is 2.52 bits per heavy atom. The number of anilines is 2. The average molecular weight is 568 g/mol. The number of piperazine rings is 1. The topological polar surface area (TPSA) is 126 Å². The molecule has 0 radical (unpaired) electrons. The molecule has 10 nitrogen and oxygen atoms in total. The van der Waals surface area contributed by atoms with Crippen LogP contribution in [0.25, 0.3) is 11.3 Å². The van der Waals surface area contributed by atoms with Crippen molar-refractivity contribution in [2.45, 2.75) is 19.8 Å². The number of nitrogens with zero attached hydrogens (tertiary/aromatic N) is 5. The molecule has 1 aliphatic rings. The zero-order chi connectivity index (χ0) is 28.9. The Hall–Kier alpha value is -4.03. The maximum absolute atomic E-state index is 15.7. The molecule has 0 unspecified atom stereocenters. The Bertz CT molecular complexity index is 1520. The van der Waals surface area contributed by atoms with Crippen molar-refractivity contribution >= 4 is 27.9 Å². The summed E-state index contributed by atoms with van der Waals surface area (Å²) in [6.45, 7) is 7.10. The Balaban J connectivity index is 1.77. The summed E-state index contributed by atoms with van der Waals surface area (Å²) >= 11 is 0. The lowest BCUT2D eigenvalue weighted by Gasteiger charge is -2.34. The molecule has 1 saturated heterocycles. The third-order valence-corrected chi connectivity index (χ3v) is 7.83. The summed E-state index contributed by atoms with van der Waals surface area (Å²) in [5.74, 6) is -0.693. The molecule has 0 aliphatic carbocycles. The molecule has 3 aromatic rings. The van der Waals surface area contributed by atoms with Gasteiger partial charge in [-0.05, 0) is 30.7 Å². The van der Waals surface area contributed by atoms with Crippen molar-refractivity contribution in [1.29, 1.82) is 0 Å². The van der Waals surface area contributed by atoms with E-state index < -0.39 is 15.8 Å². The zero-order valence-electron chi connectivity index (χ0n) is 23.0. The van der Waals surface area contributed by atoms with E-state index in [1.165, 1.54) is 13.1 Å². The number of nitrogens with one attached hydrogen (secondary N) is 1. The predicted octanol–water partition coefficient (Wildman–Crippen LogP) is 4.19. The number of sulfonamides is 1. The van der Waals surface area contributed by atoms with Crippen LogP contribution in [-0.4, -0.2) is 69.8 Å². The summed E-state index contributed by atoms with van der Waals surface area (Å²) in [4.78, 5) is 16.4. The highest BCUT2D eigenvalue weighted by molar-refractivity contribution is 7.97. The Morgan fingerprint density at radius 2 is 1.85 bits per heavy atom. The molecular formula is C28H34FN7O3S. The number of likely N-dealkylation sites (N-methyl/N-ethyl adjacent to an activating group) is 1. The van der Waals surface area contributed by atoms with E-state index in [1.54, 1.807) is 18.2 Å². The second-order valence-corrected chi connectivity index (χ2v) is 11.4. The van der Waals surface area contributed by atoms with Crippen LogP contribution in [0, 0.1) is 5.82 Å². The minimum atomic E-state index is -4.17. The van der Waals surface area contributed by atoms with E-state index in [0.29, 0.717) is 24.5 Å². The number of aliphatic imine (C=N–C) groups is 1. The van der Waals surface area contributed by atoms with Gasteiger partial charge in [0.05, 0.1) is 11.4 Å². The minimum Gasteiger partial charge on any atom is -0.436 e. The average Bonchev–Trinajstić information content (AvgIpc) is 2.93. The molecular weight excluding hydrogens is 533 g/mol. The maximum atomic E-state index is 15.7. The lowest BCUT2D eigenvalue weighted by atomic mass is 9.95. The van der Waals surface area contributed by atoms with Gasteiger partial charge in [0, 0.05) is 57.3 Å². The van der Waals surface area contributed by atoms with Crippen LogP contribution in [0.3, 0.4) is 0 Å². The molecule has 0 saturated carbocycles. The lowest BCUT2D eigenvalue weighted by Crippen LogP contribution is -2.44. The predicted molar refractivity (Wildman–Crippen MR) is 157 cm³/mol. The molecule has 1 fully saturated rings. The first kappa shape index (κ1) is 29.0. The van der Waals surface area contributed by atoms with E-state index in [9.17, 15) is 8.42 Å². The molecule has 2 heterocycles. The molecule has 40 heavy (non-hydrogen) atoms. The molecule has 4 rings (SSSR count). The van der Waals surface area contributed by atoms with E-state index in [1.807, 2.05) is 50.1 Å². The van der Waals surface area contributed by atoms with Gasteiger partial charge in [-0.2, -0.15) is 4.98 Å². The number of allylic oxidation sites excluding steroid dienone is 1. The molecule has 3 N–H and O–H groups in total. The molecule has 0 spiro atoms. The smallest absolute Gasteiger partial charge is 0.267 e. The lowest BCUT2D eigenvalue weighted by molar-refractivity contribution is 0.311. The highest BCUT2D eigenvalue weighted by atomic mass is 32.2. The van der Waals surface area contributed by atoms with E-state index in [2.05, 4.69) is 24.6 Å². The van der Waals surface area contributed by atoms with E-state index in [0.717, 1.165) is 36.6 Å². The van der Waals surface area contributed by atoms with Crippen LogP contribution in [0.15, 0.2) is 64.6 Å². The number of hydrogen-bond donors (Lipinski definition) is 2. The van der Waals surface area contributed by atoms with Crippen molar-refractivity contribution in [3.05, 3.63) is 71.0 Å². The minimum absolute atomic E-state index is 0.0295. The summed E-state index contributed by atoms with van der Waals surface area (Å²) < 4.78 is 49.9. The summed E-state index contributed by atoms with van der Waals surface area (Å²) in [5.41, 5.74) is 8.11. The monoisotopic (exact) mass is 567 g/mol. The van der Waals surface area contributed by atoms with Gasteiger partial charge >= 0.3 is 0 Å². The van der Waals surface area contributed by atoms with Crippen molar-refractivity contribution in [2.24, 2.45) is 10.7 Å². The molecule has 0 atom stereocenters. The van der Waals surface area contributed by atoms with Crippen LogP contribution < -0.4 is 20.1 Å². The van der Waals surface area contributed by atoms with Gasteiger partial charge in [0.15, 0.2) is 11.6 Å². The van der Waals surface area contributed by atoms with E-state index in [4.69, 9.17) is 10.5 Å². The molecule has 2 aromatic carbocycles. The number of hydrogen-bond acceptors (Lipinski definition) is 9. The number of ether oxygens (including phenoxy) is 1. The number of nitrogens with two attached hydrogens (primary N) is 1. The van der Waals surface area contributed by atoms with Crippen LogP contribution in [0.2, 0.25) is 0 Å². The first-order valence-electron chi connectivity index (χ1n) is 12.9. The van der Waals surface area contributed by atoms with Crippen LogP contribution >= 0.6 is 0 Å². The third kappa shape index (κ3) is 6.57. The van der Waals surface area contributed by atoms with Crippen molar-refractivity contribution < 1.29 is 17.5 Å². The molecule has 1 aliphatic heterocycles. The Labute approximate surface area is 234 Å². The third-order valence-electron chi connectivity index (χ3n) is 6.52. The second-order valence-electron chi connectivity index (χ2n) is 9.70. The number of rotatable bonds is 9. The van der Waals surface area contributed by atoms with Crippen LogP contribution in [0.1, 0.15) is 25.3 Å². The zero-order valence-corrected chi connectivity index (χ0v) is 23.8. The van der Waals surface area contributed by atoms with Gasteiger partial charge in [0.25, 0.3) is 10.0 Å². The summed E-state index contributed by atoms with van der Waals surface area (Å²) in [7, 11) is -0.706. The SMILES string of the molecule is CN=C/C(=C\N)S(=O)(=O)Nc1nc(Oc2cccc(N3CCN(C)CC3)c2F)cc(-c2ccccc2C(C)C)n1. The molecule has 1 aromatic heterocycles. The fraction of sp³-hybridized carbons (Fsp3) is 0.321. The number of halogens is 1. The molecule has 212 valence electrons. The van der Waals surface area contributed by atoms with Gasteiger partial charge in [-0.15, -0.1) is 0 Å². The van der Waals surface area contributed by atoms with Gasteiger partial charge in [0.2, 0.25) is 11.8 Å². The van der Waals surface area contributed by atoms with Crippen LogP contribution in [-0.2, 0) is 10.0 Å². The van der Waals surface area contributed by atoms with Crippen LogP contribution in [0.5, 0.6) is 11.6 Å². The van der Waals surface area contributed by atoms with Gasteiger partial charge < -0.3 is 20.3 Å². The summed E-state index contributed by atoms with van der Waals surface area (Å²) in [6.07, 6.45) is 2.03. The second kappa shape index (κ2) is 12.4. The first-order valence-corrected chi connectivity index (χ1v) is 14.4. The van der Waals surface area contributed by atoms with Gasteiger partial charge in [0.1, 0.15) is 4.91 Å². The highest BCUT2D eigenvalue weighted by Gasteiger charge is 2.23. The van der Waals surface area contributed by atoms with Crippen molar-refractivity contribution in [3.63, 3.8) is 0 Å². The highest BCUT2D eigenvalue weighted by Crippen LogP contribution is 2.34. The fourth-order valence-corrected chi connectivity index (χ4v) is 5.26. The Kier molecular flexibility index (Phi) is 9.00. The summed E-state index contributed by atoms with van der Waals surface area (Å²) in [5, 5.41) is 0. The largest absolute Gasteiger partial charge is 0.436 e. The fourth-order valence-electron chi connectivity index (χ4n) is 4.39. The molecule has 0 amide bonds. The standard InChI is InChI=1S/C28H34FN7O3S/c1-19(2)21-8-5-6-9-22(21)23-16-26(33-28(32-23)34-40(37,38)20(17-30)18-31-3)39-25-11-7-10-24(27(25)29)36-14-12-35(4)13-15-36/h5-11,16-19H,12-15,30H2,1-4H3,(H,32,33,34)/b20-17+,31-18?. The van der Waals surface area contributed by atoms with Crippen molar-refractivity contribution in [3.8, 4) is 22.9 Å². The van der Waals surface area contributed by atoms with Gasteiger partial charge in [-0.1, -0.05) is 44.2 Å². The summed E-state index contributed by atoms with van der Waals surface area (Å²) in [6, 6.07) is 14.1. The normalized spacial score (nSPS) is 15.2. The van der Waals surface area contributed by atoms with Crippen molar-refractivity contribution in [1.82, 2.24) is 14.9 Å². The quantitative estimate of drug-likeness (QED) is 0.369. The van der Waals surface area contributed by atoms with Crippen molar-refractivity contribution in [2.75, 3.05) is 49.9 Å². The van der Waals surface area contributed by atoms with Gasteiger partial charge in [-0.3, -0.25) is 4.99 Å². The number of benzene rings is 2.